The molecule has 1 aromatic heterocycles. The number of benzene rings is 3. The van der Waals surface area contributed by atoms with Crippen LogP contribution >= 0.6 is 15.9 Å². The number of amides is 1. The number of carbonyl (C=O) groups is 1. The number of hydrogen-bond donors (Lipinski definition) is 1. The van der Waals surface area contributed by atoms with Crippen LogP contribution < -0.4 is 5.73 Å². The maximum absolute atomic E-state index is 12.0. The minimum atomic E-state index is -0.391. The van der Waals surface area contributed by atoms with Crippen molar-refractivity contribution in [3.05, 3.63) is 81.8 Å². The normalized spacial score (nSPS) is 11.3. The molecule has 130 valence electrons. The van der Waals surface area contributed by atoms with Crippen molar-refractivity contribution in [3.8, 4) is 0 Å². The van der Waals surface area contributed by atoms with E-state index in [0.29, 0.717) is 5.56 Å². The number of rotatable bonds is 4. The molecule has 3 aromatic carbocycles. The smallest absolute Gasteiger partial charge is 0.249 e. The summed E-state index contributed by atoms with van der Waals surface area (Å²) in [4.78, 5) is 12.0. The van der Waals surface area contributed by atoms with E-state index in [1.807, 2.05) is 12.1 Å². The minimum absolute atomic E-state index is 0.391. The number of aryl methyl sites for hydroxylation is 1. The summed E-state index contributed by atoms with van der Waals surface area (Å²) in [5, 5.41) is 2.01. The van der Waals surface area contributed by atoms with Gasteiger partial charge in [-0.25, -0.2) is 0 Å². The van der Waals surface area contributed by atoms with Crippen molar-refractivity contribution in [1.29, 1.82) is 0 Å². The third-order valence-corrected chi connectivity index (χ3v) is 5.41. The highest BCUT2D eigenvalue weighted by Gasteiger charge is 2.16. The van der Waals surface area contributed by atoms with E-state index < -0.39 is 5.91 Å². The Hall–Kier alpha value is -2.59. The molecule has 0 unspecified atom stereocenters. The SMILES string of the molecule is CCc1ccc2c3c(C(N)=O)cccc3n(Cc3ccc(Br)cc3)c2c1. The fourth-order valence-electron chi connectivity index (χ4n) is 3.56. The third kappa shape index (κ3) is 2.80. The molecule has 1 amide bonds. The summed E-state index contributed by atoms with van der Waals surface area (Å²) in [6.07, 6.45) is 0.971. The molecule has 0 radical (unpaired) electrons. The number of nitrogens with zero attached hydrogens (tertiary/aromatic N) is 1. The third-order valence-electron chi connectivity index (χ3n) is 4.88. The van der Waals surface area contributed by atoms with Crippen molar-refractivity contribution in [3.63, 3.8) is 0 Å². The van der Waals surface area contributed by atoms with Crippen LogP contribution in [-0.4, -0.2) is 10.5 Å². The number of hydrogen-bond acceptors (Lipinski definition) is 1. The minimum Gasteiger partial charge on any atom is -0.366 e. The van der Waals surface area contributed by atoms with Gasteiger partial charge in [-0.1, -0.05) is 53.2 Å². The molecular weight excluding hydrogens is 388 g/mol. The predicted molar refractivity (Wildman–Crippen MR) is 111 cm³/mol. The number of primary amides is 1. The van der Waals surface area contributed by atoms with Gasteiger partial charge in [0.1, 0.15) is 0 Å². The lowest BCUT2D eigenvalue weighted by Gasteiger charge is -2.09. The molecule has 4 aromatic rings. The number of aromatic nitrogens is 1. The summed E-state index contributed by atoms with van der Waals surface area (Å²) < 4.78 is 3.34. The van der Waals surface area contributed by atoms with E-state index in [-0.39, 0.29) is 0 Å². The summed E-state index contributed by atoms with van der Waals surface area (Å²) in [5.74, 6) is -0.391. The molecule has 0 bridgehead atoms. The summed E-state index contributed by atoms with van der Waals surface area (Å²) in [6, 6.07) is 20.6. The molecule has 0 aliphatic carbocycles. The topological polar surface area (TPSA) is 48.0 Å². The van der Waals surface area contributed by atoms with Gasteiger partial charge in [0.2, 0.25) is 5.91 Å². The fraction of sp³-hybridized carbons (Fsp3) is 0.136. The molecule has 26 heavy (non-hydrogen) atoms. The lowest BCUT2D eigenvalue weighted by atomic mass is 10.0. The molecule has 4 heteroatoms. The Morgan fingerprint density at radius 1 is 1.00 bits per heavy atom. The average molecular weight is 407 g/mol. The first kappa shape index (κ1) is 16.9. The summed E-state index contributed by atoms with van der Waals surface area (Å²) in [5.41, 5.74) is 10.9. The van der Waals surface area contributed by atoms with Crippen LogP contribution in [0.25, 0.3) is 21.8 Å². The molecule has 1 heterocycles. The molecule has 0 fully saturated rings. The lowest BCUT2D eigenvalue weighted by molar-refractivity contribution is 0.100. The zero-order chi connectivity index (χ0) is 18.3. The quantitative estimate of drug-likeness (QED) is 0.493. The highest BCUT2D eigenvalue weighted by molar-refractivity contribution is 9.10. The van der Waals surface area contributed by atoms with Crippen LogP contribution in [-0.2, 0) is 13.0 Å². The van der Waals surface area contributed by atoms with Gasteiger partial charge in [-0.05, 0) is 47.9 Å². The van der Waals surface area contributed by atoms with Gasteiger partial charge in [-0.15, -0.1) is 0 Å². The second-order valence-electron chi connectivity index (χ2n) is 6.48. The lowest BCUT2D eigenvalue weighted by Crippen LogP contribution is -2.11. The predicted octanol–water partition coefficient (Wildman–Crippen LogP) is 5.27. The molecule has 0 saturated carbocycles. The van der Waals surface area contributed by atoms with Crippen LogP contribution in [0.1, 0.15) is 28.4 Å². The Morgan fingerprint density at radius 3 is 2.42 bits per heavy atom. The first-order valence-electron chi connectivity index (χ1n) is 8.66. The van der Waals surface area contributed by atoms with E-state index in [2.05, 4.69) is 76.0 Å². The Balaban J connectivity index is 2.03. The Labute approximate surface area is 160 Å². The standard InChI is InChI=1S/C22H19BrN2O/c1-2-14-8-11-17-20(12-14)25(13-15-6-9-16(23)10-7-15)19-5-3-4-18(21(17)19)22(24)26/h3-12H,2,13H2,1H3,(H2,24,26). The van der Waals surface area contributed by atoms with E-state index >= 15 is 0 Å². The first-order valence-corrected chi connectivity index (χ1v) is 9.46. The van der Waals surface area contributed by atoms with Crippen molar-refractivity contribution < 1.29 is 4.79 Å². The van der Waals surface area contributed by atoms with Crippen LogP contribution in [0.4, 0.5) is 0 Å². The zero-order valence-electron chi connectivity index (χ0n) is 14.5. The first-order chi connectivity index (χ1) is 12.6. The zero-order valence-corrected chi connectivity index (χ0v) is 16.1. The van der Waals surface area contributed by atoms with Crippen molar-refractivity contribution in [2.24, 2.45) is 5.73 Å². The molecule has 0 atom stereocenters. The molecule has 0 aliphatic rings. The summed E-state index contributed by atoms with van der Waals surface area (Å²) >= 11 is 3.49. The van der Waals surface area contributed by atoms with Gasteiger partial charge in [-0.3, -0.25) is 4.79 Å². The highest BCUT2D eigenvalue weighted by atomic mass is 79.9. The van der Waals surface area contributed by atoms with E-state index in [4.69, 9.17) is 5.73 Å². The molecule has 0 saturated heterocycles. The van der Waals surface area contributed by atoms with E-state index in [0.717, 1.165) is 39.2 Å². The molecule has 2 N–H and O–H groups in total. The summed E-state index contributed by atoms with van der Waals surface area (Å²) in [6.45, 7) is 2.89. The maximum atomic E-state index is 12.0. The van der Waals surface area contributed by atoms with Crippen molar-refractivity contribution in [2.75, 3.05) is 0 Å². The largest absolute Gasteiger partial charge is 0.366 e. The van der Waals surface area contributed by atoms with Gasteiger partial charge in [0.15, 0.2) is 0 Å². The van der Waals surface area contributed by atoms with Gasteiger partial charge < -0.3 is 10.3 Å². The second kappa shape index (κ2) is 6.61. The van der Waals surface area contributed by atoms with Gasteiger partial charge in [0, 0.05) is 32.9 Å². The van der Waals surface area contributed by atoms with Gasteiger partial charge >= 0.3 is 0 Å². The van der Waals surface area contributed by atoms with Crippen LogP contribution in [0.5, 0.6) is 0 Å². The van der Waals surface area contributed by atoms with Gasteiger partial charge in [-0.2, -0.15) is 0 Å². The van der Waals surface area contributed by atoms with Crippen molar-refractivity contribution >= 4 is 43.6 Å². The van der Waals surface area contributed by atoms with E-state index in [1.165, 1.54) is 11.1 Å². The van der Waals surface area contributed by atoms with Crippen LogP contribution in [0.15, 0.2) is 65.1 Å². The summed E-state index contributed by atoms with van der Waals surface area (Å²) in [7, 11) is 0. The van der Waals surface area contributed by atoms with Crippen LogP contribution in [0.3, 0.4) is 0 Å². The number of nitrogens with two attached hydrogens (primary N) is 1. The number of carbonyl (C=O) groups excluding carboxylic acids is 1. The Bertz CT molecular complexity index is 1130. The molecular formula is C22H19BrN2O. The number of fused-ring (bicyclic) bond motifs is 3. The fourth-order valence-corrected chi connectivity index (χ4v) is 3.82. The average Bonchev–Trinajstić information content (AvgIpc) is 2.96. The van der Waals surface area contributed by atoms with E-state index in [9.17, 15) is 4.79 Å². The monoisotopic (exact) mass is 406 g/mol. The Morgan fingerprint density at radius 2 is 1.73 bits per heavy atom. The molecule has 3 nitrogen and oxygen atoms in total. The Kier molecular flexibility index (Phi) is 4.29. The maximum Gasteiger partial charge on any atom is 0.249 e. The second-order valence-corrected chi connectivity index (χ2v) is 7.40. The molecule has 0 spiro atoms. The molecule has 4 rings (SSSR count). The molecule has 0 aliphatic heterocycles. The van der Waals surface area contributed by atoms with Crippen LogP contribution in [0.2, 0.25) is 0 Å². The van der Waals surface area contributed by atoms with Crippen LogP contribution in [0, 0.1) is 0 Å². The van der Waals surface area contributed by atoms with E-state index in [1.54, 1.807) is 0 Å². The van der Waals surface area contributed by atoms with Crippen molar-refractivity contribution in [2.45, 2.75) is 19.9 Å². The number of halogens is 1. The highest BCUT2D eigenvalue weighted by Crippen LogP contribution is 2.33. The van der Waals surface area contributed by atoms with Gasteiger partial charge in [0.25, 0.3) is 0 Å². The van der Waals surface area contributed by atoms with Gasteiger partial charge in [0.05, 0.1) is 5.52 Å². The van der Waals surface area contributed by atoms with Crippen molar-refractivity contribution in [1.82, 2.24) is 4.57 Å².